The molecule has 1 aliphatic heterocycles. The van der Waals surface area contributed by atoms with Crippen molar-refractivity contribution in [1.82, 2.24) is 0 Å². The number of Topliss-reactive ketones (excluding diaryl/α,β-unsaturated/α-hetero) is 1. The van der Waals surface area contributed by atoms with Gasteiger partial charge in [0.2, 0.25) is 5.88 Å². The van der Waals surface area contributed by atoms with E-state index in [-0.39, 0.29) is 29.7 Å². The number of benzene rings is 2. The number of allylic oxidation sites excluding steroid dienone is 2. The summed E-state index contributed by atoms with van der Waals surface area (Å²) >= 11 is 0. The first kappa shape index (κ1) is 22.4. The van der Waals surface area contributed by atoms with Gasteiger partial charge < -0.3 is 24.7 Å². The Morgan fingerprint density at radius 3 is 2.67 bits per heavy atom. The molecule has 2 aromatic carbocycles. The lowest BCUT2D eigenvalue weighted by Crippen LogP contribution is -2.31. The van der Waals surface area contributed by atoms with E-state index in [0.717, 1.165) is 0 Å². The van der Waals surface area contributed by atoms with Gasteiger partial charge in [0.15, 0.2) is 17.3 Å². The van der Waals surface area contributed by atoms with Crippen molar-refractivity contribution in [2.45, 2.75) is 31.8 Å². The molecule has 8 heteroatoms. The number of rotatable bonds is 6. The molecule has 0 saturated heterocycles. The number of ketones is 1. The molecule has 0 aromatic heterocycles. The lowest BCUT2D eigenvalue weighted by molar-refractivity contribution is -0.136. The third-order valence-corrected chi connectivity index (χ3v) is 5.75. The maximum atomic E-state index is 13.9. The zero-order valence-corrected chi connectivity index (χ0v) is 18.4. The molecule has 7 nitrogen and oxygen atoms in total. The van der Waals surface area contributed by atoms with Crippen LogP contribution in [0.3, 0.4) is 0 Å². The van der Waals surface area contributed by atoms with Crippen molar-refractivity contribution in [2.24, 2.45) is 5.73 Å². The molecule has 0 unspecified atom stereocenters. The Labute approximate surface area is 190 Å². The number of nitrogens with two attached hydrogens (primary N) is 1. The van der Waals surface area contributed by atoms with Crippen LogP contribution in [0.15, 0.2) is 65.3 Å². The first-order chi connectivity index (χ1) is 15.9. The van der Waals surface area contributed by atoms with Gasteiger partial charge in [-0.3, -0.25) is 4.79 Å². The zero-order valence-electron chi connectivity index (χ0n) is 18.4. The number of methoxy groups -OCH3 is 2. The van der Waals surface area contributed by atoms with Crippen LogP contribution in [0.2, 0.25) is 0 Å². The van der Waals surface area contributed by atoms with Crippen molar-refractivity contribution in [3.8, 4) is 11.5 Å². The van der Waals surface area contributed by atoms with E-state index in [1.165, 1.54) is 20.3 Å². The van der Waals surface area contributed by atoms with Gasteiger partial charge in [-0.1, -0.05) is 24.3 Å². The number of halogens is 1. The predicted octanol–water partition coefficient (Wildman–Crippen LogP) is 3.88. The maximum absolute atomic E-state index is 13.9. The summed E-state index contributed by atoms with van der Waals surface area (Å²) in [5, 5.41) is 0. The Bertz CT molecular complexity index is 1170. The summed E-state index contributed by atoms with van der Waals surface area (Å²) in [5.74, 6) is -0.770. The van der Waals surface area contributed by atoms with Gasteiger partial charge in [-0.15, -0.1) is 0 Å². The van der Waals surface area contributed by atoms with E-state index in [1.54, 1.807) is 36.4 Å². The smallest absolute Gasteiger partial charge is 0.340 e. The number of carbonyl (C=O) groups is 2. The van der Waals surface area contributed by atoms with Crippen LogP contribution in [-0.4, -0.2) is 26.0 Å². The SMILES string of the molecule is COC(=O)C1=C(N)OC2=C(C(=O)CCC2)[C@@H]1c1ccc(OCc2ccccc2F)c(OC)c1. The molecule has 172 valence electrons. The number of carbonyl (C=O) groups excluding carboxylic acids is 2. The molecular weight excluding hydrogens is 429 g/mol. The van der Waals surface area contributed by atoms with Gasteiger partial charge in [0.1, 0.15) is 23.8 Å². The minimum Gasteiger partial charge on any atom is -0.493 e. The van der Waals surface area contributed by atoms with Crippen molar-refractivity contribution >= 4 is 11.8 Å². The highest BCUT2D eigenvalue weighted by atomic mass is 19.1. The lowest BCUT2D eigenvalue weighted by atomic mass is 9.77. The van der Waals surface area contributed by atoms with Gasteiger partial charge in [0.25, 0.3) is 0 Å². The molecule has 0 bridgehead atoms. The molecule has 0 fully saturated rings. The van der Waals surface area contributed by atoms with Crippen LogP contribution in [0.25, 0.3) is 0 Å². The third-order valence-electron chi connectivity index (χ3n) is 5.75. The minimum absolute atomic E-state index is 0.00764. The van der Waals surface area contributed by atoms with Crippen LogP contribution >= 0.6 is 0 Å². The van der Waals surface area contributed by atoms with Crippen LogP contribution in [0, 0.1) is 5.82 Å². The van der Waals surface area contributed by atoms with E-state index in [2.05, 4.69) is 0 Å². The fraction of sp³-hybridized carbons (Fsp3) is 0.280. The fourth-order valence-corrected chi connectivity index (χ4v) is 4.15. The van der Waals surface area contributed by atoms with Gasteiger partial charge in [0.05, 0.1) is 20.1 Å². The van der Waals surface area contributed by atoms with Crippen LogP contribution in [0.5, 0.6) is 11.5 Å². The number of hydrogen-bond acceptors (Lipinski definition) is 7. The average Bonchev–Trinajstić information content (AvgIpc) is 2.82. The van der Waals surface area contributed by atoms with Crippen molar-refractivity contribution < 1.29 is 32.9 Å². The molecule has 0 radical (unpaired) electrons. The molecule has 1 aliphatic carbocycles. The molecular formula is C25H24FNO6. The Hall–Kier alpha value is -3.81. The Morgan fingerprint density at radius 1 is 1.15 bits per heavy atom. The van der Waals surface area contributed by atoms with Gasteiger partial charge in [-0.05, 0) is 30.2 Å². The van der Waals surface area contributed by atoms with Gasteiger partial charge >= 0.3 is 5.97 Å². The molecule has 33 heavy (non-hydrogen) atoms. The van der Waals surface area contributed by atoms with E-state index in [1.807, 2.05) is 0 Å². The van der Waals surface area contributed by atoms with Crippen molar-refractivity contribution in [1.29, 1.82) is 0 Å². The van der Waals surface area contributed by atoms with Crippen molar-refractivity contribution in [2.75, 3.05) is 14.2 Å². The summed E-state index contributed by atoms with van der Waals surface area (Å²) in [6, 6.07) is 11.4. The molecule has 1 heterocycles. The second kappa shape index (κ2) is 9.36. The van der Waals surface area contributed by atoms with Crippen LogP contribution in [0.1, 0.15) is 36.3 Å². The zero-order chi connectivity index (χ0) is 23.5. The summed E-state index contributed by atoms with van der Waals surface area (Å²) in [6.07, 6.45) is 1.55. The Morgan fingerprint density at radius 2 is 1.94 bits per heavy atom. The van der Waals surface area contributed by atoms with Gasteiger partial charge in [-0.25, -0.2) is 9.18 Å². The molecule has 2 aliphatic rings. The topological polar surface area (TPSA) is 97.1 Å². The van der Waals surface area contributed by atoms with Crippen molar-refractivity contribution in [3.05, 3.63) is 82.2 Å². The number of ether oxygens (including phenoxy) is 4. The lowest BCUT2D eigenvalue weighted by Gasteiger charge is -2.32. The van der Waals surface area contributed by atoms with E-state index in [4.69, 9.17) is 24.7 Å². The monoisotopic (exact) mass is 453 g/mol. The number of esters is 1. The first-order valence-corrected chi connectivity index (χ1v) is 10.5. The summed E-state index contributed by atoms with van der Waals surface area (Å²) in [7, 11) is 2.72. The van der Waals surface area contributed by atoms with E-state index >= 15 is 0 Å². The highest BCUT2D eigenvalue weighted by Crippen LogP contribution is 2.45. The molecule has 2 N–H and O–H groups in total. The fourth-order valence-electron chi connectivity index (χ4n) is 4.15. The van der Waals surface area contributed by atoms with E-state index in [0.29, 0.717) is 53.2 Å². The second-order valence-electron chi connectivity index (χ2n) is 7.71. The van der Waals surface area contributed by atoms with E-state index < -0.39 is 11.9 Å². The van der Waals surface area contributed by atoms with Gasteiger partial charge in [0, 0.05) is 24.0 Å². The summed E-state index contributed by atoms with van der Waals surface area (Å²) in [6.45, 7) is 0.00764. The molecule has 0 spiro atoms. The Balaban J connectivity index is 1.73. The van der Waals surface area contributed by atoms with Crippen LogP contribution in [0.4, 0.5) is 4.39 Å². The molecule has 0 saturated carbocycles. The average molecular weight is 453 g/mol. The summed E-state index contributed by atoms with van der Waals surface area (Å²) in [4.78, 5) is 25.4. The summed E-state index contributed by atoms with van der Waals surface area (Å²) in [5.41, 5.74) is 7.55. The third kappa shape index (κ3) is 4.28. The predicted molar refractivity (Wildman–Crippen MR) is 117 cm³/mol. The van der Waals surface area contributed by atoms with Crippen molar-refractivity contribution in [3.63, 3.8) is 0 Å². The Kier molecular flexibility index (Phi) is 6.35. The van der Waals surface area contributed by atoms with E-state index in [9.17, 15) is 14.0 Å². The number of hydrogen-bond donors (Lipinski definition) is 1. The molecule has 1 atom stereocenters. The quantitative estimate of drug-likeness (QED) is 0.663. The standard InChI is InChI=1S/C25H24FNO6/c1-30-20-12-14(10-11-18(20)32-13-15-6-3-4-7-16(15)26)21-22-17(28)8-5-9-19(22)33-24(27)23(21)25(29)31-2/h3-4,6-7,10-12,21H,5,8-9,13,27H2,1-2H3/t21-/m0/s1. The van der Waals surface area contributed by atoms with Gasteiger partial charge in [-0.2, -0.15) is 0 Å². The second-order valence-corrected chi connectivity index (χ2v) is 7.71. The maximum Gasteiger partial charge on any atom is 0.340 e. The minimum atomic E-state index is -0.761. The summed E-state index contributed by atoms with van der Waals surface area (Å²) < 4.78 is 35.8. The van der Waals surface area contributed by atoms with Crippen LogP contribution in [-0.2, 0) is 25.7 Å². The van der Waals surface area contributed by atoms with Crippen LogP contribution < -0.4 is 15.2 Å². The first-order valence-electron chi connectivity index (χ1n) is 10.5. The molecule has 0 amide bonds. The molecule has 4 rings (SSSR count). The molecule has 2 aromatic rings. The largest absolute Gasteiger partial charge is 0.493 e. The highest BCUT2D eigenvalue weighted by molar-refractivity contribution is 6.03. The highest BCUT2D eigenvalue weighted by Gasteiger charge is 2.41. The normalized spacial score (nSPS) is 17.9.